The Bertz CT molecular complexity index is 756. The molecular formula is C19H31N5O8. The van der Waals surface area contributed by atoms with Crippen molar-refractivity contribution in [3.63, 3.8) is 0 Å². The average Bonchev–Trinajstić information content (AvgIpc) is 3.14. The van der Waals surface area contributed by atoms with Crippen molar-refractivity contribution in [3.8, 4) is 0 Å². The molecule has 1 fully saturated rings. The Kier molecular flexibility index (Phi) is 10.0. The fourth-order valence-electron chi connectivity index (χ4n) is 3.45. The molecule has 0 spiro atoms. The Morgan fingerprint density at radius 1 is 1.03 bits per heavy atom. The van der Waals surface area contributed by atoms with Crippen molar-refractivity contribution in [2.24, 2.45) is 17.4 Å². The zero-order chi connectivity index (χ0) is 24.6. The first-order chi connectivity index (χ1) is 14.8. The number of nitrogens with zero attached hydrogens (tertiary/aromatic N) is 1. The van der Waals surface area contributed by atoms with Gasteiger partial charge in [0.05, 0.1) is 18.9 Å². The summed E-state index contributed by atoms with van der Waals surface area (Å²) in [5.74, 6) is -6.08. The van der Waals surface area contributed by atoms with E-state index in [0.29, 0.717) is 19.3 Å². The average molecular weight is 457 g/mol. The highest BCUT2D eigenvalue weighted by molar-refractivity contribution is 5.96. The second kappa shape index (κ2) is 12.0. The van der Waals surface area contributed by atoms with Crippen LogP contribution in [0.2, 0.25) is 0 Å². The highest BCUT2D eigenvalue weighted by atomic mass is 16.4. The molecule has 0 aromatic heterocycles. The van der Waals surface area contributed by atoms with Gasteiger partial charge in [0, 0.05) is 6.54 Å². The number of amides is 4. The monoisotopic (exact) mass is 457 g/mol. The molecule has 1 heterocycles. The third kappa shape index (κ3) is 8.13. The molecule has 0 aromatic rings. The first-order valence-corrected chi connectivity index (χ1v) is 10.2. The molecule has 8 N–H and O–H groups in total. The number of primary amides is 1. The lowest BCUT2D eigenvalue weighted by Gasteiger charge is -2.28. The number of rotatable bonds is 12. The van der Waals surface area contributed by atoms with Gasteiger partial charge in [0.25, 0.3) is 0 Å². The molecule has 13 heteroatoms. The molecule has 4 amide bonds. The highest BCUT2D eigenvalue weighted by Gasteiger charge is 2.38. The summed E-state index contributed by atoms with van der Waals surface area (Å²) in [5.41, 5.74) is 10.9. The summed E-state index contributed by atoms with van der Waals surface area (Å²) < 4.78 is 0. The molecule has 32 heavy (non-hydrogen) atoms. The third-order valence-electron chi connectivity index (χ3n) is 4.91. The van der Waals surface area contributed by atoms with Crippen LogP contribution in [0, 0.1) is 5.92 Å². The molecule has 13 nitrogen and oxygen atoms in total. The molecule has 180 valence electrons. The summed E-state index contributed by atoms with van der Waals surface area (Å²) >= 11 is 0. The van der Waals surface area contributed by atoms with Gasteiger partial charge >= 0.3 is 11.9 Å². The van der Waals surface area contributed by atoms with Crippen LogP contribution in [-0.4, -0.2) is 81.4 Å². The second-order valence-corrected chi connectivity index (χ2v) is 8.15. The number of nitrogens with one attached hydrogen (secondary N) is 2. The minimum atomic E-state index is -1.69. The molecular weight excluding hydrogens is 426 g/mol. The summed E-state index contributed by atoms with van der Waals surface area (Å²) in [5, 5.41) is 22.5. The van der Waals surface area contributed by atoms with Crippen molar-refractivity contribution in [1.82, 2.24) is 15.5 Å². The molecule has 1 saturated heterocycles. The first-order valence-electron chi connectivity index (χ1n) is 10.2. The van der Waals surface area contributed by atoms with Crippen LogP contribution in [-0.2, 0) is 28.8 Å². The minimum absolute atomic E-state index is 0.162. The predicted molar refractivity (Wildman–Crippen MR) is 110 cm³/mol. The Balaban J connectivity index is 2.93. The van der Waals surface area contributed by atoms with E-state index in [2.05, 4.69) is 5.32 Å². The van der Waals surface area contributed by atoms with Gasteiger partial charge in [-0.3, -0.25) is 24.0 Å². The van der Waals surface area contributed by atoms with Crippen LogP contribution in [0.5, 0.6) is 0 Å². The number of hydrogen-bond acceptors (Lipinski definition) is 7. The molecule has 1 aliphatic heterocycles. The lowest BCUT2D eigenvalue weighted by atomic mass is 10.0. The standard InChI is InChI=1S/C19H31N5O8/c1-9(2)6-10(20)18(30)24-5-3-4-13(24)17(29)22-11(8-15(26)27)16(28)23-12(19(31)32)7-14(21)25/h9-13H,3-8,20H2,1-2H3,(H2,21,25)(H,22,29)(H,23,28)(H,26,27)(H,31,32). The van der Waals surface area contributed by atoms with Crippen LogP contribution in [0.4, 0.5) is 0 Å². The predicted octanol–water partition coefficient (Wildman–Crippen LogP) is -2.24. The van der Waals surface area contributed by atoms with Crippen LogP contribution >= 0.6 is 0 Å². The van der Waals surface area contributed by atoms with E-state index in [1.165, 1.54) is 4.90 Å². The Morgan fingerprint density at radius 2 is 1.66 bits per heavy atom. The Labute approximate surface area is 184 Å². The number of hydrogen-bond donors (Lipinski definition) is 6. The summed E-state index contributed by atoms with van der Waals surface area (Å²) in [6.07, 6.45) is -0.313. The van der Waals surface area contributed by atoms with E-state index in [9.17, 15) is 28.8 Å². The van der Waals surface area contributed by atoms with Gasteiger partial charge in [0.2, 0.25) is 23.6 Å². The molecule has 0 bridgehead atoms. The fourth-order valence-corrected chi connectivity index (χ4v) is 3.45. The van der Waals surface area contributed by atoms with E-state index >= 15 is 0 Å². The minimum Gasteiger partial charge on any atom is -0.481 e. The maximum Gasteiger partial charge on any atom is 0.326 e. The van der Waals surface area contributed by atoms with Crippen molar-refractivity contribution in [2.45, 2.75) is 70.1 Å². The molecule has 1 rings (SSSR count). The quantitative estimate of drug-likeness (QED) is 0.186. The van der Waals surface area contributed by atoms with E-state index in [0.717, 1.165) is 0 Å². The summed E-state index contributed by atoms with van der Waals surface area (Å²) in [6.45, 7) is 4.09. The van der Waals surface area contributed by atoms with Gasteiger partial charge in [-0.2, -0.15) is 0 Å². The first kappa shape index (κ1) is 26.8. The number of likely N-dealkylation sites (tertiary alicyclic amines) is 1. The number of carbonyl (C=O) groups is 6. The number of carboxylic acids is 2. The number of carboxylic acid groups (broad SMARTS) is 2. The van der Waals surface area contributed by atoms with Gasteiger partial charge in [-0.25, -0.2) is 4.79 Å². The molecule has 0 radical (unpaired) electrons. The Hall–Kier alpha value is -3.22. The maximum absolute atomic E-state index is 12.8. The van der Waals surface area contributed by atoms with E-state index < -0.39 is 72.6 Å². The van der Waals surface area contributed by atoms with E-state index in [1.54, 1.807) is 0 Å². The van der Waals surface area contributed by atoms with Gasteiger partial charge in [-0.15, -0.1) is 0 Å². The van der Waals surface area contributed by atoms with Gasteiger partial charge in [-0.1, -0.05) is 13.8 Å². The van der Waals surface area contributed by atoms with Gasteiger partial charge in [0.1, 0.15) is 18.1 Å². The van der Waals surface area contributed by atoms with Crippen LogP contribution in [0.1, 0.15) is 46.0 Å². The molecule has 0 aromatic carbocycles. The maximum atomic E-state index is 12.8. The largest absolute Gasteiger partial charge is 0.481 e. The van der Waals surface area contributed by atoms with E-state index in [-0.39, 0.29) is 12.5 Å². The second-order valence-electron chi connectivity index (χ2n) is 8.15. The molecule has 1 aliphatic rings. The van der Waals surface area contributed by atoms with Crippen LogP contribution in [0.15, 0.2) is 0 Å². The van der Waals surface area contributed by atoms with Crippen molar-refractivity contribution in [3.05, 3.63) is 0 Å². The Morgan fingerprint density at radius 3 is 2.16 bits per heavy atom. The molecule has 4 atom stereocenters. The normalized spacial score (nSPS) is 18.5. The van der Waals surface area contributed by atoms with Gasteiger partial charge in [-0.05, 0) is 25.2 Å². The van der Waals surface area contributed by atoms with E-state index in [4.69, 9.17) is 21.7 Å². The zero-order valence-corrected chi connectivity index (χ0v) is 18.1. The number of aliphatic carboxylic acids is 2. The summed E-state index contributed by atoms with van der Waals surface area (Å²) in [4.78, 5) is 72.6. The molecule has 0 saturated carbocycles. The molecule has 0 aliphatic carbocycles. The van der Waals surface area contributed by atoms with Crippen molar-refractivity contribution in [1.29, 1.82) is 0 Å². The van der Waals surface area contributed by atoms with Crippen molar-refractivity contribution in [2.75, 3.05) is 6.54 Å². The SMILES string of the molecule is CC(C)CC(N)C(=O)N1CCCC1C(=O)NC(CC(=O)O)C(=O)NC(CC(N)=O)C(=O)O. The smallest absolute Gasteiger partial charge is 0.326 e. The van der Waals surface area contributed by atoms with Crippen LogP contribution in [0.3, 0.4) is 0 Å². The van der Waals surface area contributed by atoms with Gasteiger partial charge in [0.15, 0.2) is 0 Å². The lowest BCUT2D eigenvalue weighted by molar-refractivity contribution is -0.145. The van der Waals surface area contributed by atoms with E-state index in [1.807, 2.05) is 19.2 Å². The number of nitrogens with two attached hydrogens (primary N) is 2. The third-order valence-corrected chi connectivity index (χ3v) is 4.91. The number of carbonyl (C=O) groups excluding carboxylic acids is 4. The molecule has 4 unspecified atom stereocenters. The fraction of sp³-hybridized carbons (Fsp3) is 0.684. The topological polar surface area (TPSA) is 222 Å². The summed E-state index contributed by atoms with van der Waals surface area (Å²) in [6, 6.07) is -5.05. The van der Waals surface area contributed by atoms with Crippen molar-refractivity contribution < 1.29 is 39.0 Å². The van der Waals surface area contributed by atoms with Crippen molar-refractivity contribution >= 4 is 35.6 Å². The van der Waals surface area contributed by atoms with Gasteiger partial charge < -0.3 is 37.2 Å². The zero-order valence-electron chi connectivity index (χ0n) is 18.1. The highest BCUT2D eigenvalue weighted by Crippen LogP contribution is 2.20. The lowest BCUT2D eigenvalue weighted by Crippen LogP contribution is -2.57. The summed E-state index contributed by atoms with van der Waals surface area (Å²) in [7, 11) is 0. The van der Waals surface area contributed by atoms with Crippen LogP contribution < -0.4 is 22.1 Å². The van der Waals surface area contributed by atoms with Crippen LogP contribution in [0.25, 0.3) is 0 Å².